The van der Waals surface area contributed by atoms with Crippen molar-refractivity contribution < 1.29 is 0 Å². The van der Waals surface area contributed by atoms with Crippen LogP contribution in [-0.2, 0) is 5.41 Å². The average Bonchev–Trinajstić information content (AvgIpc) is 2.46. The third-order valence-corrected chi connectivity index (χ3v) is 4.21. The minimum atomic E-state index is 0.182. The molecule has 0 aromatic carbocycles. The summed E-state index contributed by atoms with van der Waals surface area (Å²) >= 11 is 1.86. The fourth-order valence-electron chi connectivity index (χ4n) is 1.72. The summed E-state index contributed by atoms with van der Waals surface area (Å²) in [4.78, 5) is 2.74. The zero-order chi connectivity index (χ0) is 12.6. The molecular formula is C14H25NS. The molecule has 0 amide bonds. The van der Waals surface area contributed by atoms with Crippen LogP contribution in [0.5, 0.6) is 0 Å². The molecule has 0 bridgehead atoms. The van der Waals surface area contributed by atoms with Gasteiger partial charge in [-0.2, -0.15) is 0 Å². The molecule has 0 saturated carbocycles. The molecule has 1 aromatic rings. The molecule has 1 unspecified atom stereocenters. The van der Waals surface area contributed by atoms with Crippen molar-refractivity contribution in [1.29, 1.82) is 0 Å². The van der Waals surface area contributed by atoms with Gasteiger partial charge in [0.25, 0.3) is 0 Å². The van der Waals surface area contributed by atoms with E-state index >= 15 is 0 Å². The summed E-state index contributed by atoms with van der Waals surface area (Å²) in [5.41, 5.74) is 6.79. The van der Waals surface area contributed by atoms with E-state index in [9.17, 15) is 0 Å². The predicted molar refractivity (Wildman–Crippen MR) is 74.0 cm³/mol. The summed E-state index contributed by atoms with van der Waals surface area (Å²) in [5.74, 6) is 0. The van der Waals surface area contributed by atoms with Gasteiger partial charge in [-0.15, -0.1) is 11.3 Å². The highest BCUT2D eigenvalue weighted by Crippen LogP contribution is 2.35. The van der Waals surface area contributed by atoms with Crippen molar-refractivity contribution >= 4 is 11.3 Å². The molecule has 2 N–H and O–H groups in total. The Labute approximate surface area is 104 Å². The van der Waals surface area contributed by atoms with Crippen LogP contribution in [0.3, 0.4) is 0 Å². The molecule has 2 heteroatoms. The maximum absolute atomic E-state index is 6.25. The SMILES string of the molecule is CC(C)(C)CC(N)c1ccc(C(C)(C)C)s1. The first kappa shape index (κ1) is 13.7. The molecule has 1 rings (SSSR count). The number of nitrogens with two attached hydrogens (primary N) is 1. The molecule has 1 nitrogen and oxygen atoms in total. The smallest absolute Gasteiger partial charge is 0.0394 e. The Hall–Kier alpha value is -0.340. The molecule has 1 atom stereocenters. The van der Waals surface area contributed by atoms with Gasteiger partial charge in [0.2, 0.25) is 0 Å². The maximum Gasteiger partial charge on any atom is 0.0394 e. The Morgan fingerprint density at radius 3 is 2.06 bits per heavy atom. The molecule has 0 aliphatic carbocycles. The van der Waals surface area contributed by atoms with Crippen LogP contribution in [0.2, 0.25) is 0 Å². The topological polar surface area (TPSA) is 26.0 Å². The van der Waals surface area contributed by atoms with Crippen LogP contribution < -0.4 is 5.73 Å². The molecule has 1 aromatic heterocycles. The Balaban J connectivity index is 2.79. The maximum atomic E-state index is 6.25. The first-order valence-electron chi connectivity index (χ1n) is 5.95. The van der Waals surface area contributed by atoms with Crippen molar-refractivity contribution in [3.8, 4) is 0 Å². The lowest BCUT2D eigenvalue weighted by Crippen LogP contribution is -2.17. The van der Waals surface area contributed by atoms with E-state index in [0.29, 0.717) is 5.41 Å². The Kier molecular flexibility index (Phi) is 3.86. The minimum absolute atomic E-state index is 0.182. The second-order valence-corrected chi connectivity index (χ2v) is 7.94. The highest BCUT2D eigenvalue weighted by molar-refractivity contribution is 7.12. The lowest BCUT2D eigenvalue weighted by molar-refractivity contribution is 0.345. The van der Waals surface area contributed by atoms with Gasteiger partial charge in [0.15, 0.2) is 0 Å². The third kappa shape index (κ3) is 3.91. The Bertz CT molecular complexity index is 338. The quantitative estimate of drug-likeness (QED) is 0.809. The molecule has 0 aliphatic heterocycles. The van der Waals surface area contributed by atoms with Gasteiger partial charge in [0.1, 0.15) is 0 Å². The van der Waals surface area contributed by atoms with Crippen LogP contribution in [0.15, 0.2) is 12.1 Å². The molecule has 0 aliphatic rings. The van der Waals surface area contributed by atoms with E-state index in [-0.39, 0.29) is 11.5 Å². The minimum Gasteiger partial charge on any atom is -0.323 e. The first-order chi connectivity index (χ1) is 7.09. The summed E-state index contributed by atoms with van der Waals surface area (Å²) < 4.78 is 0. The second-order valence-electron chi connectivity index (χ2n) is 6.82. The van der Waals surface area contributed by atoms with Crippen molar-refractivity contribution in [2.75, 3.05) is 0 Å². The van der Waals surface area contributed by atoms with Gasteiger partial charge in [-0.25, -0.2) is 0 Å². The van der Waals surface area contributed by atoms with Crippen molar-refractivity contribution in [3.63, 3.8) is 0 Å². The van der Waals surface area contributed by atoms with E-state index in [1.807, 2.05) is 11.3 Å². The van der Waals surface area contributed by atoms with Gasteiger partial charge in [-0.3, -0.25) is 0 Å². The van der Waals surface area contributed by atoms with E-state index in [0.717, 1.165) is 6.42 Å². The van der Waals surface area contributed by atoms with Gasteiger partial charge in [-0.05, 0) is 29.4 Å². The van der Waals surface area contributed by atoms with Crippen molar-refractivity contribution in [2.24, 2.45) is 11.1 Å². The zero-order valence-electron chi connectivity index (χ0n) is 11.4. The van der Waals surface area contributed by atoms with Gasteiger partial charge in [0.05, 0.1) is 0 Å². The molecule has 92 valence electrons. The first-order valence-corrected chi connectivity index (χ1v) is 6.77. The van der Waals surface area contributed by atoms with Gasteiger partial charge < -0.3 is 5.73 Å². The van der Waals surface area contributed by atoms with Crippen LogP contribution in [0.1, 0.15) is 63.8 Å². The highest BCUT2D eigenvalue weighted by Gasteiger charge is 2.21. The van der Waals surface area contributed by atoms with Crippen LogP contribution in [0.4, 0.5) is 0 Å². The monoisotopic (exact) mass is 239 g/mol. The van der Waals surface area contributed by atoms with Gasteiger partial charge >= 0.3 is 0 Å². The Morgan fingerprint density at radius 1 is 1.12 bits per heavy atom. The number of hydrogen-bond donors (Lipinski definition) is 1. The fourth-order valence-corrected chi connectivity index (χ4v) is 2.78. The molecule has 0 radical (unpaired) electrons. The van der Waals surface area contributed by atoms with Crippen molar-refractivity contribution in [2.45, 2.75) is 59.4 Å². The highest BCUT2D eigenvalue weighted by atomic mass is 32.1. The van der Waals surface area contributed by atoms with E-state index in [1.165, 1.54) is 9.75 Å². The normalized spacial score (nSPS) is 15.2. The van der Waals surface area contributed by atoms with Gasteiger partial charge in [-0.1, -0.05) is 41.5 Å². The van der Waals surface area contributed by atoms with Crippen LogP contribution in [0, 0.1) is 5.41 Å². The van der Waals surface area contributed by atoms with E-state index in [4.69, 9.17) is 5.73 Å². The molecule has 16 heavy (non-hydrogen) atoms. The van der Waals surface area contributed by atoms with Crippen molar-refractivity contribution in [3.05, 3.63) is 21.9 Å². The lowest BCUT2D eigenvalue weighted by Gasteiger charge is -2.22. The van der Waals surface area contributed by atoms with Crippen LogP contribution >= 0.6 is 11.3 Å². The Morgan fingerprint density at radius 2 is 1.69 bits per heavy atom. The number of thiophene rings is 1. The molecule has 0 spiro atoms. The standard InChI is InChI=1S/C14H25NS/c1-13(2,3)9-10(15)11-7-8-12(16-11)14(4,5)6/h7-8,10H,9,15H2,1-6H3. The molecule has 0 fully saturated rings. The van der Waals surface area contributed by atoms with Gasteiger partial charge in [0, 0.05) is 15.8 Å². The average molecular weight is 239 g/mol. The molecule has 0 saturated heterocycles. The van der Waals surface area contributed by atoms with E-state index in [1.54, 1.807) is 0 Å². The summed E-state index contributed by atoms with van der Waals surface area (Å²) in [6.45, 7) is 13.5. The number of rotatable bonds is 2. The van der Waals surface area contributed by atoms with Crippen LogP contribution in [-0.4, -0.2) is 0 Å². The zero-order valence-corrected chi connectivity index (χ0v) is 12.2. The predicted octanol–water partition coefficient (Wildman–Crippen LogP) is 4.48. The third-order valence-electron chi connectivity index (χ3n) is 2.56. The van der Waals surface area contributed by atoms with E-state index in [2.05, 4.69) is 53.7 Å². The largest absolute Gasteiger partial charge is 0.323 e. The van der Waals surface area contributed by atoms with E-state index < -0.39 is 0 Å². The lowest BCUT2D eigenvalue weighted by atomic mass is 9.88. The summed E-state index contributed by atoms with van der Waals surface area (Å²) in [6, 6.07) is 4.60. The summed E-state index contributed by atoms with van der Waals surface area (Å²) in [7, 11) is 0. The van der Waals surface area contributed by atoms with Crippen molar-refractivity contribution in [1.82, 2.24) is 0 Å². The summed E-state index contributed by atoms with van der Waals surface area (Å²) in [6.07, 6.45) is 1.04. The molecular weight excluding hydrogens is 214 g/mol. The fraction of sp³-hybridized carbons (Fsp3) is 0.714. The number of hydrogen-bond acceptors (Lipinski definition) is 2. The second kappa shape index (κ2) is 4.50. The molecule has 1 heterocycles. The van der Waals surface area contributed by atoms with Crippen LogP contribution in [0.25, 0.3) is 0 Å². The summed E-state index contributed by atoms with van der Waals surface area (Å²) in [5, 5.41) is 0.